The number of carbonyl (C=O) groups is 2. The molecule has 0 saturated carbocycles. The van der Waals surface area contributed by atoms with Gasteiger partial charge in [-0.15, -0.1) is 0 Å². The Balaban J connectivity index is 1.09. The minimum absolute atomic E-state index is 0.879. The Bertz CT molecular complexity index is 2050. The lowest BCUT2D eigenvalue weighted by atomic mass is 9.93. The lowest BCUT2D eigenvalue weighted by molar-refractivity contribution is -0.392. The van der Waals surface area contributed by atoms with Gasteiger partial charge in [-0.1, -0.05) is 0 Å². The first-order chi connectivity index (χ1) is 39.2. The number of ether oxygens (including phenoxy) is 13. The van der Waals surface area contributed by atoms with Crippen LogP contribution in [0.5, 0.6) is 0 Å². The number of hydrogen-bond donors (Lipinski definition) is 22. The molecule has 7 fully saturated rings. The van der Waals surface area contributed by atoms with E-state index >= 15 is 0 Å². The fraction of sp³-hybridized carbons (Fsp3) is 0.957. The van der Waals surface area contributed by atoms with Gasteiger partial charge in [-0.25, -0.2) is 0 Å². The van der Waals surface area contributed by atoms with Crippen molar-refractivity contribution in [2.45, 2.75) is 236 Å². The second-order valence-electron chi connectivity index (χ2n) is 21.0. The van der Waals surface area contributed by atoms with Gasteiger partial charge in [0.15, 0.2) is 44.0 Å². The molecule has 0 bridgehead atoms. The lowest BCUT2D eigenvalue weighted by Gasteiger charge is -2.51. The summed E-state index contributed by atoms with van der Waals surface area (Å²) in [5, 5.41) is 221. The summed E-state index contributed by atoms with van der Waals surface area (Å²) in [6.07, 6.45) is -62.9. The highest BCUT2D eigenvalue weighted by Crippen LogP contribution is 2.38. The molecule has 35 atom stereocenters. The van der Waals surface area contributed by atoms with Gasteiger partial charge in [0.1, 0.15) is 165 Å². The number of aliphatic hydroxyl groups is 20. The van der Waals surface area contributed by atoms with Crippen molar-refractivity contribution in [3.63, 3.8) is 0 Å². The van der Waals surface area contributed by atoms with Gasteiger partial charge in [-0.2, -0.15) is 0 Å². The third-order valence-electron chi connectivity index (χ3n) is 15.3. The van der Waals surface area contributed by atoms with Crippen LogP contribution in [0, 0.1) is 0 Å². The Morgan fingerprint density at radius 2 is 0.639 bits per heavy atom. The highest BCUT2D eigenvalue weighted by molar-refractivity contribution is 5.73. The van der Waals surface area contributed by atoms with Gasteiger partial charge in [-0.3, -0.25) is 9.59 Å². The van der Waals surface area contributed by atoms with Crippen LogP contribution in [0.2, 0.25) is 0 Å². The molecule has 22 N–H and O–H groups in total. The first-order valence-corrected chi connectivity index (χ1v) is 26.5. The van der Waals surface area contributed by atoms with Crippen LogP contribution < -0.4 is 10.6 Å². The quantitative estimate of drug-likeness (QED) is 0.0538. The lowest BCUT2D eigenvalue weighted by Crippen LogP contribution is -2.71. The second-order valence-corrected chi connectivity index (χ2v) is 21.0. The van der Waals surface area contributed by atoms with Gasteiger partial charge < -0.3 is 174 Å². The van der Waals surface area contributed by atoms with E-state index in [9.17, 15) is 112 Å². The van der Waals surface area contributed by atoms with E-state index < -0.39 is 266 Å². The molecule has 0 radical (unpaired) electrons. The van der Waals surface area contributed by atoms with Crippen molar-refractivity contribution in [2.75, 3.05) is 39.6 Å². The largest absolute Gasteiger partial charge is 0.394 e. The molecule has 7 rings (SSSR count). The molecule has 0 aromatic rings. The second kappa shape index (κ2) is 29.3. The summed E-state index contributed by atoms with van der Waals surface area (Å²) in [4.78, 5) is 25.4. The summed E-state index contributed by atoms with van der Waals surface area (Å²) in [6, 6.07) is -3.66. The molecular formula is C46H78N2O35. The molecule has 0 spiro atoms. The van der Waals surface area contributed by atoms with E-state index in [0.717, 1.165) is 13.8 Å². The standard InChI is InChI=1S/C46H78N2O35/c1-10-21(57)27(63)31(67)43(71-10)83-39-28(64)22(58)13(4-49)75-46(39)80-35-18(9-54)77-42(20(26(35)62)48-12(3)56)81-37-23(59)14(5-50)73-44(32(37)68)78-34-17(8-53)76-41(19(25(34)61)47-11(2)55)82-38-24(60)15(6-51)74-45(33(38)69)79-36-16(7-52)72-40(70)30(66)29(36)65/h10,13-46,49-54,57-70H,4-9H2,1-3H3,(H,47,55)(H,48,56)/t10-,13+,14+,15+,16+,17+,18+,19+,20+,21+,22-,23-,24-,25+,26+,27+,28-,29+,30+,31-,32+,33+,34+,35+,36+,37-,38-,39+,40-,41-,42-,43-,44-,45-,46-/m0/s1. The molecule has 37 heteroatoms. The molecule has 482 valence electrons. The Morgan fingerprint density at radius 1 is 0.313 bits per heavy atom. The zero-order valence-electron chi connectivity index (χ0n) is 44.5. The smallest absolute Gasteiger partial charge is 0.217 e. The van der Waals surface area contributed by atoms with Crippen molar-refractivity contribution in [2.24, 2.45) is 0 Å². The fourth-order valence-electron chi connectivity index (χ4n) is 10.7. The number of rotatable bonds is 20. The minimum atomic E-state index is -2.27. The molecule has 83 heavy (non-hydrogen) atoms. The van der Waals surface area contributed by atoms with Crippen LogP contribution >= 0.6 is 0 Å². The van der Waals surface area contributed by atoms with Gasteiger partial charge in [0, 0.05) is 13.8 Å². The Hall–Kier alpha value is -2.38. The Kier molecular flexibility index (Phi) is 24.0. The summed E-state index contributed by atoms with van der Waals surface area (Å²) in [5.41, 5.74) is 0. The average molecular weight is 1220 g/mol. The van der Waals surface area contributed by atoms with Gasteiger partial charge >= 0.3 is 0 Å². The summed E-state index contributed by atoms with van der Waals surface area (Å²) in [5.74, 6) is -1.76. The van der Waals surface area contributed by atoms with E-state index in [2.05, 4.69) is 10.6 Å². The molecule has 7 aliphatic rings. The zero-order valence-corrected chi connectivity index (χ0v) is 44.5. The Labute approximate surface area is 470 Å². The van der Waals surface area contributed by atoms with Gasteiger partial charge in [0.05, 0.1) is 45.7 Å². The molecule has 0 aromatic heterocycles. The van der Waals surface area contributed by atoms with Crippen LogP contribution in [0.4, 0.5) is 0 Å². The van der Waals surface area contributed by atoms with Gasteiger partial charge in [0.25, 0.3) is 0 Å². The summed E-state index contributed by atoms with van der Waals surface area (Å²) in [6.45, 7) is -2.79. The third kappa shape index (κ3) is 14.5. The molecule has 7 aliphatic heterocycles. The SMILES string of the molecule is CC(=O)N[C@H]1[C@H](O[C@H]2[C@@H](O)[C@@H](CO)O[C@@H](O[C@H]3[C@H](O)[C@@H](O)[C@@H](O)O[C@@H]3CO)[C@@H]2O)O[C@H](CO)[C@@H](O[C@@H]2O[C@H](CO)[C@H](O)[C@H](O[C@@H]3O[C@H](CO)[C@@H](O[C@@H]4O[C@H](CO)[C@H](O)[C@H](O)[C@H]4O[C@@H]4O[C@@H](C)[C@@H](O)[C@@H](O)[C@@H]4O)[C@H](O)[C@H]3NC(C)=O)[C@H]2O)[C@@H]1O. The van der Waals surface area contributed by atoms with Crippen molar-refractivity contribution in [1.82, 2.24) is 10.6 Å². The molecular weight excluding hydrogens is 1140 g/mol. The van der Waals surface area contributed by atoms with E-state index in [-0.39, 0.29) is 0 Å². The summed E-state index contributed by atoms with van der Waals surface area (Å²) >= 11 is 0. The monoisotopic (exact) mass is 1220 g/mol. The number of carbonyl (C=O) groups excluding carboxylic acids is 2. The maximum atomic E-state index is 12.7. The highest BCUT2D eigenvalue weighted by atomic mass is 16.8. The molecule has 2 amide bonds. The molecule has 7 saturated heterocycles. The van der Waals surface area contributed by atoms with Crippen molar-refractivity contribution in [3.8, 4) is 0 Å². The molecule has 0 aliphatic carbocycles. The number of amides is 2. The van der Waals surface area contributed by atoms with Crippen LogP contribution in [0.25, 0.3) is 0 Å². The van der Waals surface area contributed by atoms with Crippen molar-refractivity contribution in [1.29, 1.82) is 0 Å². The predicted octanol–water partition coefficient (Wildman–Crippen LogP) is -15.0. The molecule has 0 aromatic carbocycles. The van der Waals surface area contributed by atoms with Crippen LogP contribution in [0.3, 0.4) is 0 Å². The molecule has 0 unspecified atom stereocenters. The fourth-order valence-corrected chi connectivity index (χ4v) is 10.7. The normalized spacial score (nSPS) is 50.8. The molecule has 7 heterocycles. The van der Waals surface area contributed by atoms with Crippen molar-refractivity contribution >= 4 is 11.8 Å². The summed E-state index contributed by atoms with van der Waals surface area (Å²) < 4.78 is 74.6. The van der Waals surface area contributed by atoms with E-state index in [1.165, 1.54) is 6.92 Å². The van der Waals surface area contributed by atoms with E-state index in [1.54, 1.807) is 0 Å². The van der Waals surface area contributed by atoms with Crippen LogP contribution in [-0.4, -0.2) is 368 Å². The predicted molar refractivity (Wildman–Crippen MR) is 254 cm³/mol. The number of hydrogen-bond acceptors (Lipinski definition) is 35. The summed E-state index contributed by atoms with van der Waals surface area (Å²) in [7, 11) is 0. The van der Waals surface area contributed by atoms with E-state index in [1.807, 2.05) is 0 Å². The maximum absolute atomic E-state index is 12.7. The van der Waals surface area contributed by atoms with Crippen molar-refractivity contribution < 1.29 is 173 Å². The minimum Gasteiger partial charge on any atom is -0.394 e. The number of nitrogens with one attached hydrogen (secondary N) is 2. The first kappa shape index (κ1) is 68.1. The zero-order chi connectivity index (χ0) is 61.2. The first-order valence-electron chi connectivity index (χ1n) is 26.5. The van der Waals surface area contributed by atoms with Crippen molar-refractivity contribution in [3.05, 3.63) is 0 Å². The van der Waals surface area contributed by atoms with Gasteiger partial charge in [-0.05, 0) is 6.92 Å². The van der Waals surface area contributed by atoms with Crippen LogP contribution in [-0.2, 0) is 71.2 Å². The highest BCUT2D eigenvalue weighted by Gasteiger charge is 2.59. The topological polar surface area (TPSA) is 583 Å². The van der Waals surface area contributed by atoms with Crippen LogP contribution in [0.15, 0.2) is 0 Å². The Morgan fingerprint density at radius 3 is 1.06 bits per heavy atom. The third-order valence-corrected chi connectivity index (χ3v) is 15.3. The maximum Gasteiger partial charge on any atom is 0.217 e. The molecule has 37 nitrogen and oxygen atoms in total. The van der Waals surface area contributed by atoms with Gasteiger partial charge in [0.2, 0.25) is 11.8 Å². The van der Waals surface area contributed by atoms with E-state index in [4.69, 9.17) is 61.6 Å². The number of aliphatic hydroxyl groups excluding tert-OH is 20. The average Bonchev–Trinajstić information content (AvgIpc) is 3.51. The van der Waals surface area contributed by atoms with E-state index in [0.29, 0.717) is 0 Å². The van der Waals surface area contributed by atoms with Crippen LogP contribution in [0.1, 0.15) is 20.8 Å².